The standard InChI is InChI=1S/C14H17Cl2NO3/c1-9-4-5-17(12(9)7-18)14(19)8-20-13-6-10(15)2-3-11(13)16/h2-3,6,9,12,18H,4-5,7-8H2,1H3. The van der Waals surface area contributed by atoms with E-state index in [-0.39, 0.29) is 25.2 Å². The Hall–Kier alpha value is -0.970. The molecule has 1 saturated heterocycles. The third-order valence-corrected chi connectivity index (χ3v) is 4.18. The van der Waals surface area contributed by atoms with Gasteiger partial charge in [-0.1, -0.05) is 30.1 Å². The van der Waals surface area contributed by atoms with Gasteiger partial charge in [0.25, 0.3) is 5.91 Å². The SMILES string of the molecule is CC1CCN(C(=O)COc2cc(Cl)ccc2Cl)C1CO. The summed E-state index contributed by atoms with van der Waals surface area (Å²) in [6.07, 6.45) is 0.898. The van der Waals surface area contributed by atoms with Gasteiger partial charge in [0.05, 0.1) is 17.7 Å². The molecule has 1 fully saturated rings. The van der Waals surface area contributed by atoms with Crippen molar-refractivity contribution in [3.63, 3.8) is 0 Å². The molecule has 0 bridgehead atoms. The third kappa shape index (κ3) is 3.37. The first-order valence-electron chi connectivity index (χ1n) is 6.51. The van der Waals surface area contributed by atoms with Crippen LogP contribution in [-0.2, 0) is 4.79 Å². The molecule has 1 aromatic rings. The van der Waals surface area contributed by atoms with Gasteiger partial charge in [0, 0.05) is 17.6 Å². The summed E-state index contributed by atoms with van der Waals surface area (Å²) in [5.74, 6) is 0.545. The maximum atomic E-state index is 12.1. The molecule has 0 aromatic heterocycles. The van der Waals surface area contributed by atoms with Crippen molar-refractivity contribution < 1.29 is 14.6 Å². The highest BCUT2D eigenvalue weighted by atomic mass is 35.5. The van der Waals surface area contributed by atoms with E-state index in [2.05, 4.69) is 0 Å². The molecule has 2 atom stereocenters. The van der Waals surface area contributed by atoms with Crippen LogP contribution in [0.5, 0.6) is 5.75 Å². The van der Waals surface area contributed by atoms with Crippen LogP contribution in [0.15, 0.2) is 18.2 Å². The van der Waals surface area contributed by atoms with Gasteiger partial charge in [-0.25, -0.2) is 0 Å². The lowest BCUT2D eigenvalue weighted by Gasteiger charge is -2.25. The van der Waals surface area contributed by atoms with Crippen molar-refractivity contribution >= 4 is 29.1 Å². The molecule has 20 heavy (non-hydrogen) atoms. The van der Waals surface area contributed by atoms with Crippen LogP contribution in [0.2, 0.25) is 10.0 Å². The van der Waals surface area contributed by atoms with Crippen LogP contribution in [0.1, 0.15) is 13.3 Å². The summed E-state index contributed by atoms with van der Waals surface area (Å²) in [6, 6.07) is 4.73. The Morgan fingerprint density at radius 2 is 2.25 bits per heavy atom. The molecule has 1 N–H and O–H groups in total. The average molecular weight is 318 g/mol. The molecule has 0 spiro atoms. The number of nitrogens with zero attached hydrogens (tertiary/aromatic N) is 1. The summed E-state index contributed by atoms with van der Waals surface area (Å²) in [4.78, 5) is 13.8. The Labute approximate surface area is 128 Å². The van der Waals surface area contributed by atoms with Crippen molar-refractivity contribution in [2.75, 3.05) is 19.8 Å². The second-order valence-electron chi connectivity index (χ2n) is 4.97. The number of carbonyl (C=O) groups is 1. The van der Waals surface area contributed by atoms with E-state index in [4.69, 9.17) is 27.9 Å². The summed E-state index contributed by atoms with van der Waals surface area (Å²) in [5.41, 5.74) is 0. The fourth-order valence-electron chi connectivity index (χ4n) is 2.41. The molecule has 2 rings (SSSR count). The van der Waals surface area contributed by atoms with Gasteiger partial charge in [-0.2, -0.15) is 0 Å². The first-order valence-corrected chi connectivity index (χ1v) is 7.26. The zero-order chi connectivity index (χ0) is 14.7. The third-order valence-electron chi connectivity index (χ3n) is 3.63. The number of rotatable bonds is 4. The number of halogens is 2. The number of benzene rings is 1. The molecular weight excluding hydrogens is 301 g/mol. The normalized spacial score (nSPS) is 22.1. The zero-order valence-electron chi connectivity index (χ0n) is 11.2. The van der Waals surface area contributed by atoms with E-state index in [0.29, 0.717) is 28.3 Å². The molecular formula is C14H17Cl2NO3. The summed E-state index contributed by atoms with van der Waals surface area (Å²) < 4.78 is 5.43. The summed E-state index contributed by atoms with van der Waals surface area (Å²) in [7, 11) is 0. The van der Waals surface area contributed by atoms with E-state index in [1.807, 2.05) is 6.92 Å². The van der Waals surface area contributed by atoms with Crippen molar-refractivity contribution in [3.05, 3.63) is 28.2 Å². The number of aliphatic hydroxyl groups is 1. The minimum absolute atomic E-state index is 0.0230. The molecule has 4 nitrogen and oxygen atoms in total. The molecule has 0 aliphatic carbocycles. The molecule has 1 aliphatic heterocycles. The topological polar surface area (TPSA) is 49.8 Å². The van der Waals surface area contributed by atoms with Gasteiger partial charge in [-0.3, -0.25) is 4.79 Å². The first-order chi connectivity index (χ1) is 9.52. The second kappa shape index (κ2) is 6.66. The lowest BCUT2D eigenvalue weighted by atomic mass is 10.0. The highest BCUT2D eigenvalue weighted by Gasteiger charge is 2.33. The van der Waals surface area contributed by atoms with Gasteiger partial charge in [-0.15, -0.1) is 0 Å². The average Bonchev–Trinajstić information content (AvgIpc) is 2.80. The predicted molar refractivity (Wildman–Crippen MR) is 78.3 cm³/mol. The van der Waals surface area contributed by atoms with Crippen LogP contribution < -0.4 is 4.74 Å². The molecule has 6 heteroatoms. The van der Waals surface area contributed by atoms with Crippen LogP contribution in [0.3, 0.4) is 0 Å². The Balaban J connectivity index is 1.97. The summed E-state index contributed by atoms with van der Waals surface area (Å²) in [5, 5.41) is 10.3. The van der Waals surface area contributed by atoms with Crippen LogP contribution in [-0.4, -0.2) is 41.7 Å². The van der Waals surface area contributed by atoms with Gasteiger partial charge < -0.3 is 14.7 Å². The molecule has 110 valence electrons. The highest BCUT2D eigenvalue weighted by molar-refractivity contribution is 6.34. The number of amides is 1. The van der Waals surface area contributed by atoms with E-state index in [0.717, 1.165) is 6.42 Å². The maximum Gasteiger partial charge on any atom is 0.260 e. The van der Waals surface area contributed by atoms with E-state index < -0.39 is 0 Å². The number of ether oxygens (including phenoxy) is 1. The smallest absolute Gasteiger partial charge is 0.260 e. The molecule has 2 unspecified atom stereocenters. The Morgan fingerprint density at radius 1 is 1.50 bits per heavy atom. The summed E-state index contributed by atoms with van der Waals surface area (Å²) >= 11 is 11.8. The molecule has 1 aromatic carbocycles. The van der Waals surface area contributed by atoms with Crippen LogP contribution in [0, 0.1) is 5.92 Å². The molecule has 1 aliphatic rings. The number of carbonyl (C=O) groups excluding carboxylic acids is 1. The van der Waals surface area contributed by atoms with E-state index >= 15 is 0 Å². The summed E-state index contributed by atoms with van der Waals surface area (Å²) in [6.45, 7) is 2.55. The van der Waals surface area contributed by atoms with Gasteiger partial charge >= 0.3 is 0 Å². The fraction of sp³-hybridized carbons (Fsp3) is 0.500. The van der Waals surface area contributed by atoms with E-state index in [1.54, 1.807) is 23.1 Å². The monoisotopic (exact) mass is 317 g/mol. The molecule has 0 radical (unpaired) electrons. The number of hydrogen-bond donors (Lipinski definition) is 1. The van der Waals surface area contributed by atoms with Crippen LogP contribution >= 0.6 is 23.2 Å². The van der Waals surface area contributed by atoms with Crippen LogP contribution in [0.4, 0.5) is 0 Å². The minimum atomic E-state index is -0.149. The van der Waals surface area contributed by atoms with Crippen molar-refractivity contribution in [2.45, 2.75) is 19.4 Å². The fourth-order valence-corrected chi connectivity index (χ4v) is 2.74. The van der Waals surface area contributed by atoms with Gasteiger partial charge in [-0.05, 0) is 24.5 Å². The van der Waals surface area contributed by atoms with Crippen molar-refractivity contribution in [1.82, 2.24) is 4.90 Å². The van der Waals surface area contributed by atoms with Gasteiger partial charge in [0.1, 0.15) is 5.75 Å². The van der Waals surface area contributed by atoms with Gasteiger partial charge in [0.15, 0.2) is 6.61 Å². The van der Waals surface area contributed by atoms with Crippen LogP contribution in [0.25, 0.3) is 0 Å². The Kier molecular flexibility index (Phi) is 5.13. The Morgan fingerprint density at radius 3 is 2.95 bits per heavy atom. The predicted octanol–water partition coefficient (Wildman–Crippen LogP) is 2.60. The quantitative estimate of drug-likeness (QED) is 0.928. The van der Waals surface area contributed by atoms with Crippen molar-refractivity contribution in [1.29, 1.82) is 0 Å². The Bertz CT molecular complexity index is 495. The molecule has 1 heterocycles. The van der Waals surface area contributed by atoms with Crippen molar-refractivity contribution in [3.8, 4) is 5.75 Å². The minimum Gasteiger partial charge on any atom is -0.482 e. The molecule has 0 saturated carbocycles. The number of aliphatic hydroxyl groups excluding tert-OH is 1. The van der Waals surface area contributed by atoms with Gasteiger partial charge in [0.2, 0.25) is 0 Å². The largest absolute Gasteiger partial charge is 0.482 e. The maximum absolute atomic E-state index is 12.1. The zero-order valence-corrected chi connectivity index (χ0v) is 12.7. The first kappa shape index (κ1) is 15.4. The number of hydrogen-bond acceptors (Lipinski definition) is 3. The lowest BCUT2D eigenvalue weighted by molar-refractivity contribution is -0.135. The van der Waals surface area contributed by atoms with E-state index in [1.165, 1.54) is 0 Å². The number of likely N-dealkylation sites (tertiary alicyclic amines) is 1. The lowest BCUT2D eigenvalue weighted by Crippen LogP contribution is -2.42. The highest BCUT2D eigenvalue weighted by Crippen LogP contribution is 2.28. The molecule has 1 amide bonds. The van der Waals surface area contributed by atoms with E-state index in [9.17, 15) is 9.90 Å². The van der Waals surface area contributed by atoms with Crippen molar-refractivity contribution in [2.24, 2.45) is 5.92 Å². The second-order valence-corrected chi connectivity index (χ2v) is 5.81.